The molecular weight excluding hydrogens is 356 g/mol. The molecule has 0 fully saturated rings. The van der Waals surface area contributed by atoms with E-state index < -0.39 is 0 Å². The molecule has 0 radical (unpaired) electrons. The van der Waals surface area contributed by atoms with E-state index in [9.17, 15) is 5.11 Å². The number of thioether (sulfide) groups is 1. The first-order valence-electron chi connectivity index (χ1n) is 11.8. The number of aliphatic hydroxyl groups is 2. The zero-order valence-electron chi connectivity index (χ0n) is 18.1. The first kappa shape index (κ1) is 27.2. The molecule has 1 atom stereocenters. The van der Waals surface area contributed by atoms with E-state index in [2.05, 4.69) is 6.92 Å². The fourth-order valence-electron chi connectivity index (χ4n) is 3.34. The highest BCUT2D eigenvalue weighted by Gasteiger charge is 2.06. The third-order valence-corrected chi connectivity index (χ3v) is 6.28. The molecule has 0 spiro atoms. The van der Waals surface area contributed by atoms with Gasteiger partial charge in [-0.1, -0.05) is 103 Å². The maximum Gasteiger partial charge on any atom is 0.0896 e. The topological polar surface area (TPSA) is 49.7 Å². The second kappa shape index (κ2) is 24.3. The van der Waals surface area contributed by atoms with Crippen LogP contribution in [0.5, 0.6) is 0 Å². The third kappa shape index (κ3) is 22.4. The van der Waals surface area contributed by atoms with Gasteiger partial charge in [0.05, 0.1) is 25.9 Å². The molecule has 0 aliphatic rings. The van der Waals surface area contributed by atoms with Gasteiger partial charge in [0, 0.05) is 5.75 Å². The number of unbranched alkanes of at least 4 members (excludes halogenated alkanes) is 15. The smallest absolute Gasteiger partial charge is 0.0896 e. The summed E-state index contributed by atoms with van der Waals surface area (Å²) in [5, 5.41) is 17.9. The van der Waals surface area contributed by atoms with Crippen LogP contribution in [0.2, 0.25) is 0 Å². The van der Waals surface area contributed by atoms with E-state index >= 15 is 0 Å². The Balaban J connectivity index is 3.10. The third-order valence-electron chi connectivity index (χ3n) is 5.09. The summed E-state index contributed by atoms with van der Waals surface area (Å²) in [4.78, 5) is 0. The zero-order chi connectivity index (χ0) is 19.8. The van der Waals surface area contributed by atoms with Gasteiger partial charge in [-0.3, -0.25) is 0 Å². The van der Waals surface area contributed by atoms with Crippen molar-refractivity contribution in [2.45, 2.75) is 116 Å². The average molecular weight is 405 g/mol. The summed E-state index contributed by atoms with van der Waals surface area (Å²) in [5.41, 5.74) is 0. The van der Waals surface area contributed by atoms with Crippen LogP contribution in [0.3, 0.4) is 0 Å². The molecule has 0 aromatic rings. The molecule has 2 N–H and O–H groups in total. The lowest BCUT2D eigenvalue weighted by molar-refractivity contribution is 0.00994. The second-order valence-electron chi connectivity index (χ2n) is 7.78. The van der Waals surface area contributed by atoms with Crippen molar-refractivity contribution in [1.82, 2.24) is 0 Å². The van der Waals surface area contributed by atoms with Gasteiger partial charge in [0.25, 0.3) is 0 Å². The van der Waals surface area contributed by atoms with E-state index in [4.69, 9.17) is 9.84 Å². The largest absolute Gasteiger partial charge is 0.394 e. The van der Waals surface area contributed by atoms with Crippen molar-refractivity contribution in [2.75, 3.05) is 31.3 Å². The Kier molecular flexibility index (Phi) is 24.5. The number of aliphatic hydroxyl groups excluding tert-OH is 2. The SMILES string of the molecule is CCCCCCCCCCCCCCCCCCSCC(CO)OCCO. The molecule has 0 saturated heterocycles. The van der Waals surface area contributed by atoms with E-state index in [1.807, 2.05) is 11.8 Å². The van der Waals surface area contributed by atoms with E-state index in [1.165, 1.54) is 103 Å². The molecule has 27 heavy (non-hydrogen) atoms. The quantitative estimate of drug-likeness (QED) is 0.195. The van der Waals surface area contributed by atoms with Crippen LogP contribution in [0.4, 0.5) is 0 Å². The lowest BCUT2D eigenvalue weighted by Gasteiger charge is -2.14. The Hall–Kier alpha value is 0.230. The standard InChI is InChI=1S/C23H48O3S/c1-2-3-4-5-6-7-8-9-10-11-12-13-14-15-16-17-20-27-22-23(21-25)26-19-18-24/h23-25H,2-22H2,1H3. The predicted molar refractivity (Wildman–Crippen MR) is 121 cm³/mol. The van der Waals surface area contributed by atoms with E-state index in [0.29, 0.717) is 6.61 Å². The van der Waals surface area contributed by atoms with Crippen LogP contribution < -0.4 is 0 Å². The Labute approximate surface area is 174 Å². The lowest BCUT2D eigenvalue weighted by atomic mass is 10.0. The van der Waals surface area contributed by atoms with Crippen molar-refractivity contribution >= 4 is 11.8 Å². The molecule has 0 aromatic carbocycles. The molecule has 4 heteroatoms. The Morgan fingerprint density at radius 3 is 1.52 bits per heavy atom. The van der Waals surface area contributed by atoms with Crippen molar-refractivity contribution in [3.8, 4) is 0 Å². The van der Waals surface area contributed by atoms with Crippen LogP contribution in [0, 0.1) is 0 Å². The summed E-state index contributed by atoms with van der Waals surface area (Å²) < 4.78 is 5.35. The van der Waals surface area contributed by atoms with Crippen molar-refractivity contribution < 1.29 is 14.9 Å². The highest BCUT2D eigenvalue weighted by atomic mass is 32.2. The molecule has 1 unspecified atom stereocenters. The fraction of sp³-hybridized carbons (Fsp3) is 1.00. The van der Waals surface area contributed by atoms with Gasteiger partial charge in [0.1, 0.15) is 0 Å². The molecule has 0 aliphatic carbocycles. The fourth-order valence-corrected chi connectivity index (χ4v) is 4.38. The molecule has 164 valence electrons. The summed E-state index contributed by atoms with van der Waals surface area (Å²) in [6.45, 7) is 2.68. The maximum atomic E-state index is 9.18. The Bertz CT molecular complexity index is 264. The number of rotatable bonds is 23. The van der Waals surface area contributed by atoms with Crippen molar-refractivity contribution in [2.24, 2.45) is 0 Å². The number of hydrogen-bond acceptors (Lipinski definition) is 4. The number of ether oxygens (including phenoxy) is 1. The molecule has 0 aliphatic heterocycles. The number of hydrogen-bond donors (Lipinski definition) is 2. The van der Waals surface area contributed by atoms with Gasteiger partial charge in [-0.2, -0.15) is 11.8 Å². The summed E-state index contributed by atoms with van der Waals surface area (Å²) in [6.07, 6.45) is 22.4. The van der Waals surface area contributed by atoms with Crippen molar-refractivity contribution in [3.63, 3.8) is 0 Å². The molecule has 0 amide bonds. The van der Waals surface area contributed by atoms with Crippen LogP contribution >= 0.6 is 11.8 Å². The average Bonchev–Trinajstić information content (AvgIpc) is 2.69. The van der Waals surface area contributed by atoms with Gasteiger partial charge >= 0.3 is 0 Å². The summed E-state index contributed by atoms with van der Waals surface area (Å²) in [7, 11) is 0. The van der Waals surface area contributed by atoms with Crippen LogP contribution in [0.25, 0.3) is 0 Å². The summed E-state index contributed by atoms with van der Waals surface area (Å²) in [5.74, 6) is 1.98. The van der Waals surface area contributed by atoms with Gasteiger partial charge in [0.15, 0.2) is 0 Å². The second-order valence-corrected chi connectivity index (χ2v) is 8.93. The van der Waals surface area contributed by atoms with Gasteiger partial charge < -0.3 is 14.9 Å². The van der Waals surface area contributed by atoms with Gasteiger partial charge in [-0.25, -0.2) is 0 Å². The van der Waals surface area contributed by atoms with Crippen LogP contribution in [-0.2, 0) is 4.74 Å². The Morgan fingerprint density at radius 2 is 1.11 bits per heavy atom. The van der Waals surface area contributed by atoms with E-state index in [0.717, 1.165) is 11.5 Å². The van der Waals surface area contributed by atoms with Gasteiger partial charge in [-0.15, -0.1) is 0 Å². The minimum atomic E-state index is -0.122. The normalized spacial score (nSPS) is 12.6. The van der Waals surface area contributed by atoms with E-state index in [1.54, 1.807) is 0 Å². The summed E-state index contributed by atoms with van der Waals surface area (Å²) in [6, 6.07) is 0. The van der Waals surface area contributed by atoms with E-state index in [-0.39, 0.29) is 19.3 Å². The van der Waals surface area contributed by atoms with Crippen LogP contribution in [-0.4, -0.2) is 47.6 Å². The molecule has 0 rings (SSSR count). The van der Waals surface area contributed by atoms with Crippen molar-refractivity contribution in [3.05, 3.63) is 0 Å². The van der Waals surface area contributed by atoms with Crippen LogP contribution in [0.15, 0.2) is 0 Å². The maximum absolute atomic E-state index is 9.18. The first-order chi connectivity index (χ1) is 13.3. The van der Waals surface area contributed by atoms with Gasteiger partial charge in [-0.05, 0) is 12.2 Å². The molecule has 0 bridgehead atoms. The molecule has 0 aromatic heterocycles. The lowest BCUT2D eigenvalue weighted by Crippen LogP contribution is -2.22. The summed E-state index contributed by atoms with van der Waals surface area (Å²) >= 11 is 1.86. The highest BCUT2D eigenvalue weighted by molar-refractivity contribution is 7.99. The van der Waals surface area contributed by atoms with Gasteiger partial charge in [0.2, 0.25) is 0 Å². The monoisotopic (exact) mass is 404 g/mol. The molecule has 0 heterocycles. The van der Waals surface area contributed by atoms with Crippen LogP contribution in [0.1, 0.15) is 110 Å². The minimum Gasteiger partial charge on any atom is -0.394 e. The first-order valence-corrected chi connectivity index (χ1v) is 12.9. The zero-order valence-corrected chi connectivity index (χ0v) is 19.0. The molecule has 3 nitrogen and oxygen atoms in total. The highest BCUT2D eigenvalue weighted by Crippen LogP contribution is 2.15. The molecule has 0 saturated carbocycles. The minimum absolute atomic E-state index is 0.0281. The predicted octanol–water partition coefficient (Wildman–Crippen LogP) is 6.35. The van der Waals surface area contributed by atoms with Crippen molar-refractivity contribution in [1.29, 1.82) is 0 Å². The molecular formula is C23H48O3S. The Morgan fingerprint density at radius 1 is 0.667 bits per heavy atom.